The van der Waals surface area contributed by atoms with Gasteiger partial charge in [0.1, 0.15) is 6.11 Å². The van der Waals surface area contributed by atoms with Gasteiger partial charge in [-0.1, -0.05) is 36.3 Å². The van der Waals surface area contributed by atoms with Gasteiger partial charge in [-0.3, -0.25) is 0 Å². The van der Waals surface area contributed by atoms with Crippen LogP contribution in [-0.2, 0) is 0 Å². The van der Waals surface area contributed by atoms with E-state index in [9.17, 15) is 0 Å². The summed E-state index contributed by atoms with van der Waals surface area (Å²) in [6.07, 6.45) is 13.5. The summed E-state index contributed by atoms with van der Waals surface area (Å²) in [7, 11) is 0. The van der Waals surface area contributed by atoms with Crippen LogP contribution in [0, 0.1) is 17.4 Å². The van der Waals surface area contributed by atoms with Gasteiger partial charge in [-0.05, 0) is 6.42 Å². The predicted molar refractivity (Wildman–Crippen MR) is 49.9 cm³/mol. The van der Waals surface area contributed by atoms with E-state index in [2.05, 4.69) is 24.7 Å². The SMILES string of the molecule is C=CC1(CC#CO)C=CC=CC1. The molecule has 1 rings (SSSR count). The van der Waals surface area contributed by atoms with Crippen molar-refractivity contribution >= 4 is 0 Å². The van der Waals surface area contributed by atoms with Gasteiger partial charge < -0.3 is 5.11 Å². The standard InChI is InChI=1S/C11H12O/c1-2-11(9-6-10-12)7-4-3-5-8-11/h2-5,7,12H,1,8-9H2. The topological polar surface area (TPSA) is 20.2 Å². The van der Waals surface area contributed by atoms with E-state index in [0.717, 1.165) is 6.42 Å². The van der Waals surface area contributed by atoms with Gasteiger partial charge >= 0.3 is 0 Å². The second-order valence-electron chi connectivity index (χ2n) is 2.89. The molecule has 0 saturated heterocycles. The van der Waals surface area contributed by atoms with Gasteiger partial charge in [-0.25, -0.2) is 0 Å². The molecule has 0 radical (unpaired) electrons. The van der Waals surface area contributed by atoms with Crippen molar-refractivity contribution in [2.24, 2.45) is 5.41 Å². The van der Waals surface area contributed by atoms with E-state index >= 15 is 0 Å². The van der Waals surface area contributed by atoms with E-state index in [-0.39, 0.29) is 5.41 Å². The summed E-state index contributed by atoms with van der Waals surface area (Å²) < 4.78 is 0. The average molecular weight is 160 g/mol. The van der Waals surface area contributed by atoms with Gasteiger partial charge in [0.15, 0.2) is 0 Å². The summed E-state index contributed by atoms with van der Waals surface area (Å²) >= 11 is 0. The highest BCUT2D eigenvalue weighted by atomic mass is 16.2. The molecule has 0 aromatic carbocycles. The second-order valence-corrected chi connectivity index (χ2v) is 2.89. The van der Waals surface area contributed by atoms with E-state index < -0.39 is 0 Å². The maximum absolute atomic E-state index is 8.37. The minimum atomic E-state index is -0.0650. The first-order chi connectivity index (χ1) is 5.83. The minimum absolute atomic E-state index is 0.0650. The number of aliphatic hydroxyl groups is 1. The van der Waals surface area contributed by atoms with Crippen LogP contribution >= 0.6 is 0 Å². The molecule has 0 aromatic rings. The van der Waals surface area contributed by atoms with Crippen LogP contribution in [0.1, 0.15) is 12.8 Å². The number of rotatable bonds is 2. The maximum Gasteiger partial charge on any atom is 0.107 e. The first kappa shape index (κ1) is 8.67. The van der Waals surface area contributed by atoms with Crippen molar-refractivity contribution in [3.63, 3.8) is 0 Å². The number of allylic oxidation sites excluding steroid dienone is 5. The Kier molecular flexibility index (Phi) is 2.76. The Bertz CT molecular complexity index is 275. The van der Waals surface area contributed by atoms with Gasteiger partial charge in [0, 0.05) is 11.8 Å². The van der Waals surface area contributed by atoms with Gasteiger partial charge in [0.2, 0.25) is 0 Å². The predicted octanol–water partition coefficient (Wildman–Crippen LogP) is 2.40. The highest BCUT2D eigenvalue weighted by molar-refractivity contribution is 5.24. The molecular formula is C11H12O. The lowest BCUT2D eigenvalue weighted by Crippen LogP contribution is -2.14. The molecule has 0 amide bonds. The summed E-state index contributed by atoms with van der Waals surface area (Å²) in [5, 5.41) is 8.37. The van der Waals surface area contributed by atoms with E-state index in [1.165, 1.54) is 0 Å². The highest BCUT2D eigenvalue weighted by Crippen LogP contribution is 2.32. The first-order valence-electron chi connectivity index (χ1n) is 3.93. The van der Waals surface area contributed by atoms with Gasteiger partial charge in [0.05, 0.1) is 0 Å². The van der Waals surface area contributed by atoms with E-state index in [4.69, 9.17) is 5.11 Å². The summed E-state index contributed by atoms with van der Waals surface area (Å²) in [6, 6.07) is 0. The molecule has 12 heavy (non-hydrogen) atoms. The Hall–Kier alpha value is -1.42. The number of hydrogen-bond donors (Lipinski definition) is 1. The van der Waals surface area contributed by atoms with Crippen LogP contribution in [0.25, 0.3) is 0 Å². The Balaban J connectivity index is 2.74. The Morgan fingerprint density at radius 1 is 1.58 bits per heavy atom. The molecule has 0 bridgehead atoms. The van der Waals surface area contributed by atoms with Crippen molar-refractivity contribution in [3.8, 4) is 12.0 Å². The fraction of sp³-hybridized carbons (Fsp3) is 0.273. The van der Waals surface area contributed by atoms with Crippen molar-refractivity contribution in [3.05, 3.63) is 37.0 Å². The van der Waals surface area contributed by atoms with Crippen LogP contribution in [0.4, 0.5) is 0 Å². The molecule has 0 heterocycles. The minimum Gasteiger partial charge on any atom is -0.462 e. The first-order valence-corrected chi connectivity index (χ1v) is 3.93. The van der Waals surface area contributed by atoms with Crippen molar-refractivity contribution in [1.29, 1.82) is 0 Å². The highest BCUT2D eigenvalue weighted by Gasteiger charge is 2.21. The zero-order valence-electron chi connectivity index (χ0n) is 6.96. The molecule has 1 unspecified atom stereocenters. The second kappa shape index (κ2) is 3.82. The third-order valence-corrected chi connectivity index (χ3v) is 2.08. The molecule has 0 saturated carbocycles. The molecule has 0 aliphatic heterocycles. The fourth-order valence-electron chi connectivity index (χ4n) is 1.24. The lowest BCUT2D eigenvalue weighted by atomic mass is 9.79. The maximum atomic E-state index is 8.37. The Labute approximate surface area is 73.1 Å². The van der Waals surface area contributed by atoms with Crippen molar-refractivity contribution in [2.75, 3.05) is 0 Å². The van der Waals surface area contributed by atoms with Crippen LogP contribution in [0.15, 0.2) is 37.0 Å². The van der Waals surface area contributed by atoms with E-state index in [1.807, 2.05) is 24.3 Å². The van der Waals surface area contributed by atoms with Crippen LogP contribution in [0.2, 0.25) is 0 Å². The largest absolute Gasteiger partial charge is 0.462 e. The summed E-state index contributed by atoms with van der Waals surface area (Å²) in [6.45, 7) is 3.77. The van der Waals surface area contributed by atoms with Crippen LogP contribution in [0.5, 0.6) is 0 Å². The molecule has 1 aliphatic rings. The monoisotopic (exact) mass is 160 g/mol. The van der Waals surface area contributed by atoms with Crippen molar-refractivity contribution < 1.29 is 5.11 Å². The molecule has 0 aromatic heterocycles. The molecular weight excluding hydrogens is 148 g/mol. The third-order valence-electron chi connectivity index (χ3n) is 2.08. The fourth-order valence-corrected chi connectivity index (χ4v) is 1.24. The van der Waals surface area contributed by atoms with Crippen LogP contribution < -0.4 is 0 Å². The van der Waals surface area contributed by atoms with Crippen molar-refractivity contribution in [1.82, 2.24) is 0 Å². The van der Waals surface area contributed by atoms with E-state index in [0.29, 0.717) is 6.42 Å². The lowest BCUT2D eigenvalue weighted by Gasteiger charge is -2.24. The molecule has 0 fully saturated rings. The lowest BCUT2D eigenvalue weighted by molar-refractivity contribution is 0.494. The van der Waals surface area contributed by atoms with Gasteiger partial charge in [-0.15, -0.1) is 6.58 Å². The number of aliphatic hydroxyl groups excluding tert-OH is 1. The normalized spacial score (nSPS) is 26.0. The van der Waals surface area contributed by atoms with Gasteiger partial charge in [-0.2, -0.15) is 0 Å². The van der Waals surface area contributed by atoms with Crippen molar-refractivity contribution in [2.45, 2.75) is 12.8 Å². The zero-order valence-corrected chi connectivity index (χ0v) is 6.96. The summed E-state index contributed by atoms with van der Waals surface area (Å²) in [5.41, 5.74) is -0.0650. The molecule has 1 heteroatoms. The smallest absolute Gasteiger partial charge is 0.107 e. The molecule has 1 aliphatic carbocycles. The molecule has 62 valence electrons. The quantitative estimate of drug-likeness (QED) is 0.485. The molecule has 1 N–H and O–H groups in total. The molecule has 1 atom stereocenters. The summed E-state index contributed by atoms with van der Waals surface area (Å²) in [4.78, 5) is 0. The van der Waals surface area contributed by atoms with Crippen LogP contribution in [-0.4, -0.2) is 5.11 Å². The summed E-state index contributed by atoms with van der Waals surface area (Å²) in [5.74, 6) is 2.66. The molecule has 1 nitrogen and oxygen atoms in total. The van der Waals surface area contributed by atoms with Crippen LogP contribution in [0.3, 0.4) is 0 Å². The van der Waals surface area contributed by atoms with E-state index in [1.54, 1.807) is 0 Å². The Morgan fingerprint density at radius 2 is 2.42 bits per heavy atom. The zero-order chi connectivity index (χ0) is 8.86. The number of hydrogen-bond acceptors (Lipinski definition) is 1. The van der Waals surface area contributed by atoms with Gasteiger partial charge in [0.25, 0.3) is 0 Å². The molecule has 0 spiro atoms. The third kappa shape index (κ3) is 1.79. The Morgan fingerprint density at radius 3 is 2.92 bits per heavy atom. The average Bonchev–Trinajstić information content (AvgIpc) is 2.16.